The molecule has 7 nitrogen and oxygen atoms in total. The number of hydrogen-bond acceptors (Lipinski definition) is 6. The van der Waals surface area contributed by atoms with Gasteiger partial charge in [0.25, 0.3) is 5.91 Å². The van der Waals surface area contributed by atoms with Crippen molar-refractivity contribution in [1.29, 1.82) is 0 Å². The monoisotopic (exact) mass is 169 g/mol. The van der Waals surface area contributed by atoms with Crippen LogP contribution >= 0.6 is 0 Å². The molecule has 1 amide bonds. The van der Waals surface area contributed by atoms with Gasteiger partial charge in [0, 0.05) is 7.05 Å². The summed E-state index contributed by atoms with van der Waals surface area (Å²) in [4.78, 5) is 21.0. The molecular weight excluding hydrogens is 162 g/mol. The minimum atomic E-state index is -0.406. The van der Waals surface area contributed by atoms with Gasteiger partial charge in [-0.25, -0.2) is 0 Å². The quantitative estimate of drug-likeness (QED) is 0.407. The van der Waals surface area contributed by atoms with Crippen molar-refractivity contribution in [2.24, 2.45) is 10.2 Å². The van der Waals surface area contributed by atoms with Gasteiger partial charge in [-0.3, -0.25) is 20.4 Å². The van der Waals surface area contributed by atoms with E-state index in [-0.39, 0.29) is 11.7 Å². The molecule has 0 unspecified atom stereocenters. The van der Waals surface area contributed by atoms with E-state index in [0.717, 1.165) is 0 Å². The topological polar surface area (TPSA) is 95.0 Å². The van der Waals surface area contributed by atoms with E-state index < -0.39 is 5.91 Å². The lowest BCUT2D eigenvalue weighted by atomic mass is 10.5. The third-order valence-corrected chi connectivity index (χ3v) is 1.12. The molecule has 0 radical (unpaired) electrons. The number of amides is 1. The largest absolute Gasteiger partial charge is 0.352 e. The number of carbonyl (C=O) groups is 2. The Balaban J connectivity index is 2.60. The summed E-state index contributed by atoms with van der Waals surface area (Å²) in [5.74, 6) is -0.359. The Morgan fingerprint density at radius 3 is 2.67 bits per heavy atom. The zero-order chi connectivity index (χ0) is 8.97. The molecular formula is C5H7N5O2. The number of aldehydes is 1. The lowest BCUT2D eigenvalue weighted by molar-refractivity contribution is -0.114. The van der Waals surface area contributed by atoms with Crippen LogP contribution in [-0.4, -0.2) is 30.9 Å². The minimum Gasteiger partial charge on any atom is -0.352 e. The Hall–Kier alpha value is -1.92. The highest BCUT2D eigenvalue weighted by Gasteiger charge is 2.12. The van der Waals surface area contributed by atoms with Crippen LogP contribution in [0.3, 0.4) is 0 Å². The predicted molar refractivity (Wildman–Crippen MR) is 41.3 cm³/mol. The maximum Gasteiger partial charge on any atom is 0.290 e. The second-order valence-corrected chi connectivity index (χ2v) is 1.88. The first kappa shape index (κ1) is 8.18. The van der Waals surface area contributed by atoms with Crippen LogP contribution in [0.15, 0.2) is 10.2 Å². The van der Waals surface area contributed by atoms with Crippen LogP contribution in [0, 0.1) is 0 Å². The van der Waals surface area contributed by atoms with Crippen molar-refractivity contribution in [3.63, 3.8) is 0 Å². The van der Waals surface area contributed by atoms with Crippen molar-refractivity contribution in [1.82, 2.24) is 16.2 Å². The first-order chi connectivity index (χ1) is 5.77. The number of carbonyl (C=O) groups excluding carboxylic acids is 2. The van der Waals surface area contributed by atoms with Crippen LogP contribution in [0.2, 0.25) is 0 Å². The fourth-order valence-electron chi connectivity index (χ4n) is 0.549. The number of rotatable bonds is 2. The van der Waals surface area contributed by atoms with Gasteiger partial charge in [-0.2, -0.15) is 5.10 Å². The zero-order valence-corrected chi connectivity index (χ0v) is 6.29. The summed E-state index contributed by atoms with van der Waals surface area (Å²) in [6.45, 7) is 0. The van der Waals surface area contributed by atoms with Gasteiger partial charge in [-0.15, -0.1) is 5.10 Å². The van der Waals surface area contributed by atoms with Gasteiger partial charge >= 0.3 is 0 Å². The molecule has 1 aliphatic rings. The van der Waals surface area contributed by atoms with Crippen LogP contribution in [0.1, 0.15) is 0 Å². The average Bonchev–Trinajstić information content (AvgIpc) is 2.17. The summed E-state index contributed by atoms with van der Waals surface area (Å²) < 4.78 is 0. The zero-order valence-electron chi connectivity index (χ0n) is 6.29. The van der Waals surface area contributed by atoms with Gasteiger partial charge in [-0.05, 0) is 0 Å². The Morgan fingerprint density at radius 2 is 2.25 bits per heavy atom. The summed E-state index contributed by atoms with van der Waals surface area (Å²) in [6, 6.07) is 0. The van der Waals surface area contributed by atoms with Crippen molar-refractivity contribution >= 4 is 23.9 Å². The molecule has 64 valence electrons. The SMILES string of the molecule is CNC(=O)C1=NNC(C=O)=NN1. The number of likely N-dealkylation sites (N-methyl/N-ethyl adjacent to an activating group) is 1. The van der Waals surface area contributed by atoms with E-state index >= 15 is 0 Å². The van der Waals surface area contributed by atoms with Crippen molar-refractivity contribution in [2.45, 2.75) is 0 Å². The van der Waals surface area contributed by atoms with Gasteiger partial charge in [0.1, 0.15) is 0 Å². The Morgan fingerprint density at radius 1 is 1.50 bits per heavy atom. The molecule has 7 heteroatoms. The third-order valence-electron chi connectivity index (χ3n) is 1.12. The van der Waals surface area contributed by atoms with E-state index in [9.17, 15) is 9.59 Å². The van der Waals surface area contributed by atoms with Crippen LogP contribution in [0.4, 0.5) is 0 Å². The van der Waals surface area contributed by atoms with Gasteiger partial charge in [-0.1, -0.05) is 0 Å². The molecule has 0 aromatic rings. The second kappa shape index (κ2) is 3.46. The number of nitrogens with zero attached hydrogens (tertiary/aromatic N) is 2. The molecule has 1 aliphatic heterocycles. The first-order valence-electron chi connectivity index (χ1n) is 3.12. The molecule has 1 rings (SSSR count). The average molecular weight is 169 g/mol. The maximum atomic E-state index is 10.9. The Bertz CT molecular complexity index is 269. The third kappa shape index (κ3) is 1.57. The van der Waals surface area contributed by atoms with Gasteiger partial charge in [0.2, 0.25) is 11.7 Å². The molecule has 0 saturated heterocycles. The molecule has 12 heavy (non-hydrogen) atoms. The van der Waals surface area contributed by atoms with Crippen LogP contribution in [0.25, 0.3) is 0 Å². The molecule has 0 bridgehead atoms. The standard InChI is InChI=1S/C5H7N5O2/c1-6-5(12)4-9-7-3(2-11)8-10-4/h2H,1H3,(H,6,12)(H,7,8)(H,9,10). The molecule has 1 heterocycles. The van der Waals surface area contributed by atoms with E-state index in [4.69, 9.17) is 0 Å². The first-order valence-corrected chi connectivity index (χ1v) is 3.12. The van der Waals surface area contributed by atoms with E-state index in [0.29, 0.717) is 6.29 Å². The van der Waals surface area contributed by atoms with Gasteiger partial charge in [0.15, 0.2) is 6.29 Å². The molecule has 0 aliphatic carbocycles. The fraction of sp³-hybridized carbons (Fsp3) is 0.200. The summed E-state index contributed by atoms with van der Waals surface area (Å²) in [5, 5.41) is 9.37. The van der Waals surface area contributed by atoms with Gasteiger partial charge < -0.3 is 5.32 Å². The normalized spacial score (nSPS) is 14.8. The highest BCUT2D eigenvalue weighted by Crippen LogP contribution is 1.80. The van der Waals surface area contributed by atoms with Crippen LogP contribution in [-0.2, 0) is 9.59 Å². The van der Waals surface area contributed by atoms with E-state index in [1.54, 1.807) is 0 Å². The Labute approximate surface area is 67.9 Å². The van der Waals surface area contributed by atoms with E-state index in [1.807, 2.05) is 0 Å². The predicted octanol–water partition coefficient (Wildman–Crippen LogP) is -2.25. The number of nitrogens with one attached hydrogen (secondary N) is 3. The van der Waals surface area contributed by atoms with E-state index in [1.165, 1.54) is 7.05 Å². The number of amidine groups is 2. The highest BCUT2D eigenvalue weighted by molar-refractivity contribution is 6.39. The summed E-state index contributed by atoms with van der Waals surface area (Å²) in [5.41, 5.74) is 4.58. The molecule has 0 aromatic carbocycles. The second-order valence-electron chi connectivity index (χ2n) is 1.88. The van der Waals surface area contributed by atoms with Gasteiger partial charge in [0.05, 0.1) is 0 Å². The molecule has 0 spiro atoms. The summed E-state index contributed by atoms with van der Waals surface area (Å²) >= 11 is 0. The smallest absolute Gasteiger partial charge is 0.290 e. The van der Waals surface area contributed by atoms with Crippen molar-refractivity contribution < 1.29 is 9.59 Å². The summed E-state index contributed by atoms with van der Waals surface area (Å²) in [6.07, 6.45) is 0.483. The highest BCUT2D eigenvalue weighted by atomic mass is 16.2. The van der Waals surface area contributed by atoms with Crippen molar-refractivity contribution in [2.75, 3.05) is 7.05 Å². The molecule has 0 atom stereocenters. The van der Waals surface area contributed by atoms with E-state index in [2.05, 4.69) is 26.4 Å². The molecule has 0 aromatic heterocycles. The van der Waals surface area contributed by atoms with Crippen molar-refractivity contribution in [3.8, 4) is 0 Å². The molecule has 3 N–H and O–H groups in total. The number of hydrazone groups is 2. The Kier molecular flexibility index (Phi) is 2.36. The summed E-state index contributed by atoms with van der Waals surface area (Å²) in [7, 11) is 1.46. The van der Waals surface area contributed by atoms with Crippen molar-refractivity contribution in [3.05, 3.63) is 0 Å². The van der Waals surface area contributed by atoms with Crippen LogP contribution in [0.5, 0.6) is 0 Å². The molecule has 0 saturated carbocycles. The lowest BCUT2D eigenvalue weighted by Gasteiger charge is -2.09. The number of hydrogen-bond donors (Lipinski definition) is 3. The lowest BCUT2D eigenvalue weighted by Crippen LogP contribution is -2.42. The fourth-order valence-corrected chi connectivity index (χ4v) is 0.549. The maximum absolute atomic E-state index is 10.9. The minimum absolute atomic E-state index is 0.0168. The van der Waals surface area contributed by atoms with Crippen LogP contribution < -0.4 is 16.2 Å². The molecule has 0 fully saturated rings.